The molecule has 0 spiro atoms. The molecule has 0 amide bonds. The lowest BCUT2D eigenvalue weighted by Gasteiger charge is -2.19. The zero-order valence-electron chi connectivity index (χ0n) is 8.87. The van der Waals surface area contributed by atoms with Gasteiger partial charge in [-0.1, -0.05) is 16.9 Å². The lowest BCUT2D eigenvalue weighted by molar-refractivity contribution is -0.830. The Bertz CT molecular complexity index is 668. The Morgan fingerprint density at radius 1 is 1.35 bits per heavy atom. The monoisotopic (exact) mass is 230 g/mol. The first kappa shape index (κ1) is 8.85. The molecule has 0 bridgehead atoms. The summed E-state index contributed by atoms with van der Waals surface area (Å²) in [7, 11) is 0. The molecule has 0 aliphatic carbocycles. The SMILES string of the molecule is [O-][NH+]1c2ccccc2-c2nn3n([nH]n21)CC=C3. The molecule has 86 valence electrons. The summed E-state index contributed by atoms with van der Waals surface area (Å²) in [5.74, 6) is 0.647. The van der Waals surface area contributed by atoms with E-state index in [2.05, 4.69) is 10.3 Å². The third kappa shape index (κ3) is 1.04. The van der Waals surface area contributed by atoms with Gasteiger partial charge in [-0.3, -0.25) is 0 Å². The van der Waals surface area contributed by atoms with Gasteiger partial charge in [0.2, 0.25) is 5.82 Å². The van der Waals surface area contributed by atoms with Crippen molar-refractivity contribution < 1.29 is 5.17 Å². The fourth-order valence-corrected chi connectivity index (χ4v) is 2.18. The van der Waals surface area contributed by atoms with Crippen LogP contribution in [-0.2, 0) is 6.54 Å². The molecule has 4 rings (SSSR count). The first-order valence-corrected chi connectivity index (χ1v) is 5.37. The van der Waals surface area contributed by atoms with Crippen molar-refractivity contribution in [2.24, 2.45) is 0 Å². The summed E-state index contributed by atoms with van der Waals surface area (Å²) in [6.45, 7) is 0.691. The molecule has 7 nitrogen and oxygen atoms in total. The van der Waals surface area contributed by atoms with Crippen molar-refractivity contribution in [3.05, 3.63) is 35.5 Å². The largest absolute Gasteiger partial charge is 0.601 e. The van der Waals surface area contributed by atoms with Crippen LogP contribution in [0.25, 0.3) is 17.6 Å². The smallest absolute Gasteiger partial charge is 0.239 e. The number of hydrogen-bond donors (Lipinski definition) is 2. The second-order valence-corrected chi connectivity index (χ2v) is 4.00. The molecule has 2 N–H and O–H groups in total. The van der Waals surface area contributed by atoms with Crippen LogP contribution >= 0.6 is 0 Å². The Hall–Kier alpha value is -2.25. The van der Waals surface area contributed by atoms with E-state index < -0.39 is 0 Å². The lowest BCUT2D eigenvalue weighted by atomic mass is 10.2. The van der Waals surface area contributed by atoms with Crippen LogP contribution < -0.4 is 5.17 Å². The Morgan fingerprint density at radius 2 is 2.24 bits per heavy atom. The number of benzene rings is 1. The van der Waals surface area contributed by atoms with Gasteiger partial charge in [0, 0.05) is 12.3 Å². The number of rotatable bonds is 0. The summed E-state index contributed by atoms with van der Waals surface area (Å²) in [5.41, 5.74) is 1.55. The number of nitrogens with zero attached hydrogens (tertiary/aromatic N) is 4. The molecule has 1 unspecified atom stereocenters. The molecule has 0 fully saturated rings. The highest BCUT2D eigenvalue weighted by Crippen LogP contribution is 2.25. The number of fused-ring (bicyclic) bond motifs is 4. The number of aromatic nitrogens is 5. The Balaban J connectivity index is 2.04. The standard InChI is InChI=1S/C10H10N6O/c17-16-9-5-2-1-4-8(9)10-11-13-6-3-7-14(13)12-15(10)16/h1-6,12,16H,7H2. The van der Waals surface area contributed by atoms with Gasteiger partial charge in [-0.15, -0.1) is 5.10 Å². The summed E-state index contributed by atoms with van der Waals surface area (Å²) < 4.78 is 0. The number of quaternary nitrogens is 1. The number of aromatic amines is 1. The van der Waals surface area contributed by atoms with Gasteiger partial charge in [0.1, 0.15) is 0 Å². The summed E-state index contributed by atoms with van der Waals surface area (Å²) >= 11 is 0. The van der Waals surface area contributed by atoms with Gasteiger partial charge in [0.25, 0.3) is 0 Å². The normalized spacial score (nSPS) is 19.0. The molecule has 7 heteroatoms. The van der Waals surface area contributed by atoms with E-state index in [1.807, 2.05) is 36.5 Å². The van der Waals surface area contributed by atoms with E-state index in [1.165, 1.54) is 4.79 Å². The molecular weight excluding hydrogens is 220 g/mol. The van der Waals surface area contributed by atoms with E-state index in [9.17, 15) is 5.21 Å². The topological polar surface area (TPSA) is 71.0 Å². The van der Waals surface area contributed by atoms with Gasteiger partial charge in [0.15, 0.2) is 5.69 Å². The predicted octanol–water partition coefficient (Wildman–Crippen LogP) is -0.119. The van der Waals surface area contributed by atoms with Crippen molar-refractivity contribution in [3.63, 3.8) is 0 Å². The molecule has 0 radical (unpaired) electrons. The van der Waals surface area contributed by atoms with Crippen LogP contribution in [0.3, 0.4) is 0 Å². The zero-order valence-corrected chi connectivity index (χ0v) is 8.87. The first-order valence-electron chi connectivity index (χ1n) is 5.37. The van der Waals surface area contributed by atoms with Crippen molar-refractivity contribution in [1.29, 1.82) is 0 Å². The summed E-state index contributed by atoms with van der Waals surface area (Å²) in [6, 6.07) is 7.49. The Labute approximate surface area is 96.0 Å². The maximum absolute atomic E-state index is 12.1. The van der Waals surface area contributed by atoms with Crippen molar-refractivity contribution in [3.8, 4) is 11.4 Å². The molecule has 17 heavy (non-hydrogen) atoms. The van der Waals surface area contributed by atoms with E-state index in [1.54, 1.807) is 9.59 Å². The van der Waals surface area contributed by atoms with Crippen LogP contribution in [0.1, 0.15) is 0 Å². The minimum atomic E-state index is -0.0640. The maximum Gasteiger partial charge on any atom is 0.239 e. The predicted molar refractivity (Wildman–Crippen MR) is 60.3 cm³/mol. The van der Waals surface area contributed by atoms with Gasteiger partial charge >= 0.3 is 0 Å². The second kappa shape index (κ2) is 2.90. The van der Waals surface area contributed by atoms with Crippen LogP contribution in [0.5, 0.6) is 0 Å². The maximum atomic E-state index is 12.1. The van der Waals surface area contributed by atoms with Crippen molar-refractivity contribution >= 4 is 11.9 Å². The van der Waals surface area contributed by atoms with Crippen LogP contribution in [0.2, 0.25) is 0 Å². The number of H-pyrrole nitrogens is 1. The molecule has 1 aromatic carbocycles. The summed E-state index contributed by atoms with van der Waals surface area (Å²) in [4.78, 5) is 4.93. The van der Waals surface area contributed by atoms with Crippen LogP contribution in [-0.4, -0.2) is 24.7 Å². The molecule has 2 aliphatic heterocycles. The van der Waals surface area contributed by atoms with Gasteiger partial charge < -0.3 is 5.21 Å². The Kier molecular flexibility index (Phi) is 1.51. The Morgan fingerprint density at radius 3 is 3.18 bits per heavy atom. The summed E-state index contributed by atoms with van der Waals surface area (Å²) in [5, 5.41) is 19.5. The lowest BCUT2D eigenvalue weighted by Crippen LogP contribution is -3.04. The minimum absolute atomic E-state index is 0.0640. The number of allylic oxidation sites excluding steroid dienone is 1. The van der Waals surface area contributed by atoms with Gasteiger partial charge in [-0.25, -0.2) is 5.17 Å². The number of hydrogen-bond acceptors (Lipinski definition) is 2. The highest BCUT2D eigenvalue weighted by atomic mass is 16.6. The van der Waals surface area contributed by atoms with E-state index >= 15 is 0 Å². The van der Waals surface area contributed by atoms with Crippen molar-refractivity contribution in [2.75, 3.05) is 0 Å². The fourth-order valence-electron chi connectivity index (χ4n) is 2.18. The molecular formula is C10H10N6O. The van der Waals surface area contributed by atoms with Crippen molar-refractivity contribution in [1.82, 2.24) is 24.7 Å². The zero-order chi connectivity index (χ0) is 11.4. The number of nitrogens with one attached hydrogen (secondary N) is 2. The van der Waals surface area contributed by atoms with Crippen LogP contribution in [0, 0.1) is 5.21 Å². The highest BCUT2D eigenvalue weighted by Gasteiger charge is 2.28. The molecule has 2 aliphatic rings. The summed E-state index contributed by atoms with van der Waals surface area (Å²) in [6.07, 6.45) is 3.83. The van der Waals surface area contributed by atoms with E-state index in [-0.39, 0.29) is 5.17 Å². The highest BCUT2D eigenvalue weighted by molar-refractivity contribution is 5.69. The quantitative estimate of drug-likeness (QED) is 0.619. The molecule has 0 saturated heterocycles. The van der Waals surface area contributed by atoms with Gasteiger partial charge in [0.05, 0.1) is 12.1 Å². The second-order valence-electron chi connectivity index (χ2n) is 4.00. The van der Waals surface area contributed by atoms with E-state index in [4.69, 9.17) is 0 Å². The van der Waals surface area contributed by atoms with Crippen LogP contribution in [0.15, 0.2) is 30.3 Å². The van der Waals surface area contributed by atoms with Crippen molar-refractivity contribution in [2.45, 2.75) is 6.54 Å². The van der Waals surface area contributed by atoms with Gasteiger partial charge in [-0.05, 0) is 12.1 Å². The fraction of sp³-hybridized carbons (Fsp3) is 0.100. The molecule has 2 aromatic rings. The molecule has 3 heterocycles. The molecule has 1 aromatic heterocycles. The van der Waals surface area contributed by atoms with Gasteiger partial charge in [-0.2, -0.15) is 14.8 Å². The molecule has 1 atom stereocenters. The van der Waals surface area contributed by atoms with Crippen LogP contribution in [0.4, 0.5) is 5.69 Å². The molecule has 0 saturated carbocycles. The van der Waals surface area contributed by atoms with E-state index in [0.29, 0.717) is 18.1 Å². The minimum Gasteiger partial charge on any atom is -0.601 e. The average Bonchev–Trinajstić information content (AvgIpc) is 2.92. The third-order valence-electron chi connectivity index (χ3n) is 2.99. The average molecular weight is 230 g/mol. The third-order valence-corrected chi connectivity index (χ3v) is 2.99. The first-order chi connectivity index (χ1) is 8.34. The van der Waals surface area contributed by atoms with E-state index in [0.717, 1.165) is 5.56 Å².